The summed E-state index contributed by atoms with van der Waals surface area (Å²) in [4.78, 5) is 2.60. The molecule has 1 atom stereocenters. The van der Waals surface area contributed by atoms with Crippen molar-refractivity contribution in [2.45, 2.75) is 44.1 Å². The van der Waals surface area contributed by atoms with Gasteiger partial charge in [0.05, 0.1) is 0 Å². The first-order valence-corrected chi connectivity index (χ1v) is 7.50. The molecule has 0 aromatic heterocycles. The molecule has 0 amide bonds. The quantitative estimate of drug-likeness (QED) is 0.755. The molecule has 4 fully saturated rings. The van der Waals surface area contributed by atoms with Gasteiger partial charge in [0.15, 0.2) is 0 Å². The summed E-state index contributed by atoms with van der Waals surface area (Å²) in [7, 11) is 0. The van der Waals surface area contributed by atoms with E-state index in [4.69, 9.17) is 5.73 Å². The Hall–Kier alpha value is -0.120. The van der Waals surface area contributed by atoms with Gasteiger partial charge in [-0.3, -0.25) is 0 Å². The third-order valence-corrected chi connectivity index (χ3v) is 5.49. The Morgan fingerprint density at radius 1 is 1.18 bits per heavy atom. The summed E-state index contributed by atoms with van der Waals surface area (Å²) < 4.78 is 0. The summed E-state index contributed by atoms with van der Waals surface area (Å²) >= 11 is 0. The van der Waals surface area contributed by atoms with E-state index in [9.17, 15) is 0 Å². The Balaban J connectivity index is 1.53. The van der Waals surface area contributed by atoms with Crippen LogP contribution in [0.2, 0.25) is 0 Å². The van der Waals surface area contributed by atoms with Gasteiger partial charge in [0.2, 0.25) is 0 Å². The van der Waals surface area contributed by atoms with Crippen LogP contribution in [0.15, 0.2) is 0 Å². The summed E-state index contributed by atoms with van der Waals surface area (Å²) in [6, 6.07) is 0. The van der Waals surface area contributed by atoms with Crippen molar-refractivity contribution in [3.63, 3.8) is 0 Å². The molecule has 0 aromatic carbocycles. The van der Waals surface area contributed by atoms with Crippen LogP contribution in [0.5, 0.6) is 0 Å². The van der Waals surface area contributed by atoms with Crippen LogP contribution in [0.25, 0.3) is 0 Å². The molecule has 0 radical (unpaired) electrons. The highest BCUT2D eigenvalue weighted by Gasteiger charge is 2.45. The molecule has 0 spiro atoms. The lowest BCUT2D eigenvalue weighted by molar-refractivity contribution is 0.00993. The van der Waals surface area contributed by atoms with Crippen molar-refractivity contribution >= 4 is 0 Å². The second-order valence-electron chi connectivity index (χ2n) is 6.42. The Morgan fingerprint density at radius 2 is 1.94 bits per heavy atom. The van der Waals surface area contributed by atoms with Gasteiger partial charge in [-0.1, -0.05) is 19.3 Å². The Morgan fingerprint density at radius 3 is 2.41 bits per heavy atom. The minimum absolute atomic E-state index is 0.250. The molecule has 3 saturated heterocycles. The molecule has 0 aromatic rings. The highest BCUT2D eigenvalue weighted by atomic mass is 15.2. The van der Waals surface area contributed by atoms with Crippen LogP contribution in [0.4, 0.5) is 0 Å². The van der Waals surface area contributed by atoms with Crippen LogP contribution in [0.3, 0.4) is 0 Å². The van der Waals surface area contributed by atoms with E-state index in [0.29, 0.717) is 0 Å². The van der Waals surface area contributed by atoms with E-state index in [1.54, 1.807) is 0 Å². The zero-order chi connectivity index (χ0) is 11.7. The molecular weight excluding hydrogens is 210 g/mol. The lowest BCUT2D eigenvalue weighted by Crippen LogP contribution is -2.69. The molecule has 2 bridgehead atoms. The minimum atomic E-state index is 0.250. The fourth-order valence-electron chi connectivity index (χ4n) is 3.98. The highest BCUT2D eigenvalue weighted by Crippen LogP contribution is 2.35. The second-order valence-corrected chi connectivity index (χ2v) is 6.42. The maximum atomic E-state index is 6.10. The molecule has 1 aliphatic carbocycles. The van der Waals surface area contributed by atoms with E-state index in [2.05, 4.69) is 10.2 Å². The SMILES string of the molecule is NCC1(NCCC2CCC2)CN2CCC1CC2. The predicted octanol–water partition coefficient (Wildman–Crippen LogP) is 1.19. The van der Waals surface area contributed by atoms with Gasteiger partial charge in [0, 0.05) is 18.6 Å². The van der Waals surface area contributed by atoms with E-state index in [0.717, 1.165) is 18.4 Å². The average Bonchev–Trinajstić information content (AvgIpc) is 2.34. The van der Waals surface area contributed by atoms with Gasteiger partial charge >= 0.3 is 0 Å². The van der Waals surface area contributed by atoms with Crippen molar-refractivity contribution in [1.29, 1.82) is 0 Å². The number of nitrogens with zero attached hydrogens (tertiary/aromatic N) is 1. The zero-order valence-corrected chi connectivity index (χ0v) is 11.0. The molecule has 4 aliphatic rings. The Labute approximate surface area is 105 Å². The lowest BCUT2D eigenvalue weighted by Gasteiger charge is -2.53. The zero-order valence-electron chi connectivity index (χ0n) is 11.0. The summed E-state index contributed by atoms with van der Waals surface area (Å²) in [5, 5.41) is 3.85. The van der Waals surface area contributed by atoms with Crippen molar-refractivity contribution in [3.05, 3.63) is 0 Å². The average molecular weight is 237 g/mol. The first kappa shape index (κ1) is 11.9. The molecular formula is C14H27N3. The maximum Gasteiger partial charge on any atom is 0.0462 e. The molecule has 3 heterocycles. The summed E-state index contributed by atoms with van der Waals surface area (Å²) in [6.07, 6.45) is 8.47. The van der Waals surface area contributed by atoms with Gasteiger partial charge in [-0.25, -0.2) is 0 Å². The van der Waals surface area contributed by atoms with Crippen LogP contribution in [0, 0.1) is 11.8 Å². The number of hydrogen-bond acceptors (Lipinski definition) is 3. The molecule has 1 unspecified atom stereocenters. The fraction of sp³-hybridized carbons (Fsp3) is 1.00. The minimum Gasteiger partial charge on any atom is -0.329 e. The first-order valence-electron chi connectivity index (χ1n) is 7.50. The van der Waals surface area contributed by atoms with Gasteiger partial charge in [-0.05, 0) is 50.7 Å². The van der Waals surface area contributed by atoms with Crippen LogP contribution in [-0.4, -0.2) is 43.2 Å². The molecule has 3 nitrogen and oxygen atoms in total. The van der Waals surface area contributed by atoms with E-state index in [1.165, 1.54) is 64.7 Å². The number of nitrogens with one attached hydrogen (secondary N) is 1. The third-order valence-electron chi connectivity index (χ3n) is 5.49. The Bertz CT molecular complexity index is 256. The van der Waals surface area contributed by atoms with Crippen molar-refractivity contribution in [1.82, 2.24) is 10.2 Å². The molecule has 1 saturated carbocycles. The highest BCUT2D eigenvalue weighted by molar-refractivity contribution is 5.04. The van der Waals surface area contributed by atoms with Crippen LogP contribution in [0.1, 0.15) is 38.5 Å². The van der Waals surface area contributed by atoms with E-state index in [-0.39, 0.29) is 5.54 Å². The third kappa shape index (κ3) is 2.25. The topological polar surface area (TPSA) is 41.3 Å². The molecule has 4 rings (SSSR count). The first-order chi connectivity index (χ1) is 8.32. The summed E-state index contributed by atoms with van der Waals surface area (Å²) in [5.41, 5.74) is 6.35. The number of piperidine rings is 3. The van der Waals surface area contributed by atoms with Gasteiger partial charge < -0.3 is 16.0 Å². The van der Waals surface area contributed by atoms with Crippen LogP contribution in [-0.2, 0) is 0 Å². The van der Waals surface area contributed by atoms with Crippen molar-refractivity contribution in [2.24, 2.45) is 17.6 Å². The van der Waals surface area contributed by atoms with Gasteiger partial charge in [0.25, 0.3) is 0 Å². The van der Waals surface area contributed by atoms with Crippen molar-refractivity contribution < 1.29 is 0 Å². The Kier molecular flexibility index (Phi) is 3.42. The van der Waals surface area contributed by atoms with E-state index >= 15 is 0 Å². The van der Waals surface area contributed by atoms with Crippen molar-refractivity contribution in [3.8, 4) is 0 Å². The second kappa shape index (κ2) is 4.87. The fourth-order valence-corrected chi connectivity index (χ4v) is 3.98. The summed E-state index contributed by atoms with van der Waals surface area (Å²) in [5.74, 6) is 1.84. The lowest BCUT2D eigenvalue weighted by atomic mass is 9.72. The van der Waals surface area contributed by atoms with Gasteiger partial charge in [-0.2, -0.15) is 0 Å². The maximum absolute atomic E-state index is 6.10. The van der Waals surface area contributed by atoms with E-state index in [1.807, 2.05) is 0 Å². The largest absolute Gasteiger partial charge is 0.329 e. The molecule has 17 heavy (non-hydrogen) atoms. The number of nitrogens with two attached hydrogens (primary N) is 1. The van der Waals surface area contributed by atoms with Gasteiger partial charge in [0.1, 0.15) is 0 Å². The van der Waals surface area contributed by atoms with Crippen LogP contribution >= 0.6 is 0 Å². The smallest absolute Gasteiger partial charge is 0.0462 e. The van der Waals surface area contributed by atoms with Crippen LogP contribution < -0.4 is 11.1 Å². The van der Waals surface area contributed by atoms with E-state index < -0.39 is 0 Å². The normalized spacial score (nSPS) is 41.5. The molecule has 98 valence electrons. The predicted molar refractivity (Wildman–Crippen MR) is 70.9 cm³/mol. The summed E-state index contributed by atoms with van der Waals surface area (Å²) in [6.45, 7) is 5.80. The number of fused-ring (bicyclic) bond motifs is 3. The number of hydrogen-bond donors (Lipinski definition) is 2. The molecule has 3 N–H and O–H groups in total. The number of rotatable bonds is 5. The van der Waals surface area contributed by atoms with Crippen molar-refractivity contribution in [2.75, 3.05) is 32.7 Å². The van der Waals surface area contributed by atoms with Gasteiger partial charge in [-0.15, -0.1) is 0 Å². The standard InChI is InChI=1S/C14H27N3/c15-10-14(16-7-4-12-2-1-3-12)11-17-8-5-13(14)6-9-17/h12-13,16H,1-11,15H2. The molecule has 3 aliphatic heterocycles. The molecule has 3 heteroatoms. The monoisotopic (exact) mass is 237 g/mol.